The number of benzene rings is 1. The maximum absolute atomic E-state index is 12.4. The lowest BCUT2D eigenvalue weighted by Gasteiger charge is -2.33. The third kappa shape index (κ3) is 4.45. The molecule has 1 saturated heterocycles. The summed E-state index contributed by atoms with van der Waals surface area (Å²) in [6.07, 6.45) is 1.45. The molecule has 1 N–H and O–H groups in total. The number of rotatable bonds is 5. The predicted octanol–water partition coefficient (Wildman–Crippen LogP) is 1.17. The Kier molecular flexibility index (Phi) is 5.45. The first-order chi connectivity index (χ1) is 12.2. The van der Waals surface area contributed by atoms with Crippen LogP contribution in [0.1, 0.15) is 16.1 Å². The second kappa shape index (κ2) is 7.94. The zero-order valence-corrected chi connectivity index (χ0v) is 14.6. The molecule has 0 aliphatic carbocycles. The smallest absolute Gasteiger partial charge is 0.270 e. The highest BCUT2D eigenvalue weighted by molar-refractivity contribution is 5.92. The fraction of sp³-hybridized carbons (Fsp3) is 0.389. The van der Waals surface area contributed by atoms with Crippen LogP contribution in [0.5, 0.6) is 5.75 Å². The number of aromatic nitrogens is 2. The summed E-state index contributed by atoms with van der Waals surface area (Å²) in [5, 5.41) is 2.89. The highest BCUT2D eigenvalue weighted by Crippen LogP contribution is 2.14. The molecule has 0 saturated carbocycles. The molecule has 1 aliphatic heterocycles. The van der Waals surface area contributed by atoms with Crippen molar-refractivity contribution in [3.8, 4) is 5.75 Å². The first kappa shape index (κ1) is 17.2. The maximum atomic E-state index is 12.4. The van der Waals surface area contributed by atoms with Crippen LogP contribution in [0.3, 0.4) is 0 Å². The highest BCUT2D eigenvalue weighted by Gasteiger charge is 2.17. The van der Waals surface area contributed by atoms with E-state index in [9.17, 15) is 4.79 Å². The Bertz CT molecular complexity index is 729. The number of carbonyl (C=O) groups excluding carboxylic acids is 1. The van der Waals surface area contributed by atoms with Gasteiger partial charge in [-0.15, -0.1) is 0 Å². The number of piperazine rings is 1. The number of anilines is 1. The van der Waals surface area contributed by atoms with Crippen molar-refractivity contribution in [1.29, 1.82) is 0 Å². The normalized spacial score (nSPS) is 15.0. The molecule has 0 atom stereocenters. The molecule has 1 fully saturated rings. The van der Waals surface area contributed by atoms with Crippen LogP contribution in [-0.2, 0) is 6.54 Å². The van der Waals surface area contributed by atoms with Gasteiger partial charge in [0.25, 0.3) is 5.91 Å². The Morgan fingerprint density at radius 2 is 2.00 bits per heavy atom. The molecule has 1 amide bonds. The van der Waals surface area contributed by atoms with E-state index in [1.54, 1.807) is 13.2 Å². The monoisotopic (exact) mass is 341 g/mol. The van der Waals surface area contributed by atoms with Crippen LogP contribution in [0.25, 0.3) is 0 Å². The quantitative estimate of drug-likeness (QED) is 0.880. The standard InChI is InChI=1S/C18H23N5O2/c1-22-6-8-23(9-7-22)17-11-16(20-13-21-17)18(24)19-12-14-4-3-5-15(10-14)25-2/h3-5,10-11,13H,6-9,12H2,1-2H3,(H,19,24). The second-order valence-electron chi connectivity index (χ2n) is 6.09. The molecule has 1 aliphatic rings. The zero-order valence-electron chi connectivity index (χ0n) is 14.6. The number of likely N-dealkylation sites (N-methyl/N-ethyl adjacent to an activating group) is 1. The first-order valence-electron chi connectivity index (χ1n) is 8.32. The van der Waals surface area contributed by atoms with E-state index in [1.165, 1.54) is 6.33 Å². The van der Waals surface area contributed by atoms with Gasteiger partial charge in [-0.2, -0.15) is 0 Å². The molecule has 0 spiro atoms. The van der Waals surface area contributed by atoms with Crippen molar-refractivity contribution in [2.75, 3.05) is 45.2 Å². The van der Waals surface area contributed by atoms with Gasteiger partial charge in [-0.25, -0.2) is 9.97 Å². The average molecular weight is 341 g/mol. The van der Waals surface area contributed by atoms with Gasteiger partial charge >= 0.3 is 0 Å². The number of methoxy groups -OCH3 is 1. The van der Waals surface area contributed by atoms with Gasteiger partial charge in [0.1, 0.15) is 23.6 Å². The number of carbonyl (C=O) groups is 1. The molecule has 7 nitrogen and oxygen atoms in total. The predicted molar refractivity (Wildman–Crippen MR) is 95.9 cm³/mol. The lowest BCUT2D eigenvalue weighted by molar-refractivity contribution is 0.0945. The summed E-state index contributed by atoms with van der Waals surface area (Å²) in [6.45, 7) is 4.20. The summed E-state index contributed by atoms with van der Waals surface area (Å²) >= 11 is 0. The molecule has 1 aromatic carbocycles. The van der Waals surface area contributed by atoms with Gasteiger partial charge in [-0.05, 0) is 24.7 Å². The molecule has 1 aromatic heterocycles. The van der Waals surface area contributed by atoms with Gasteiger partial charge in [0.15, 0.2) is 0 Å². The van der Waals surface area contributed by atoms with Crippen LogP contribution in [0, 0.1) is 0 Å². The third-order valence-electron chi connectivity index (χ3n) is 4.30. The number of hydrogen-bond donors (Lipinski definition) is 1. The lowest BCUT2D eigenvalue weighted by Crippen LogP contribution is -2.44. The van der Waals surface area contributed by atoms with E-state index in [2.05, 4.69) is 32.1 Å². The number of amides is 1. The van der Waals surface area contributed by atoms with Crippen LogP contribution < -0.4 is 15.0 Å². The second-order valence-corrected chi connectivity index (χ2v) is 6.09. The summed E-state index contributed by atoms with van der Waals surface area (Å²) in [6, 6.07) is 9.37. The Balaban J connectivity index is 1.63. The fourth-order valence-electron chi connectivity index (χ4n) is 2.74. The Morgan fingerprint density at radius 3 is 2.76 bits per heavy atom. The number of ether oxygens (including phenoxy) is 1. The van der Waals surface area contributed by atoms with Crippen molar-refractivity contribution < 1.29 is 9.53 Å². The summed E-state index contributed by atoms with van der Waals surface area (Å²) in [7, 11) is 3.73. The summed E-state index contributed by atoms with van der Waals surface area (Å²) < 4.78 is 5.19. The largest absolute Gasteiger partial charge is 0.497 e. The van der Waals surface area contributed by atoms with Gasteiger partial charge in [-0.3, -0.25) is 4.79 Å². The number of hydrogen-bond acceptors (Lipinski definition) is 6. The van der Waals surface area contributed by atoms with Gasteiger partial charge in [0, 0.05) is 38.8 Å². The van der Waals surface area contributed by atoms with E-state index in [0.29, 0.717) is 12.2 Å². The molecule has 3 rings (SSSR count). The molecule has 25 heavy (non-hydrogen) atoms. The summed E-state index contributed by atoms with van der Waals surface area (Å²) in [5.74, 6) is 1.36. The van der Waals surface area contributed by atoms with Crippen molar-refractivity contribution in [3.05, 3.63) is 47.9 Å². The van der Waals surface area contributed by atoms with E-state index in [-0.39, 0.29) is 5.91 Å². The van der Waals surface area contributed by atoms with Crippen LogP contribution in [0.2, 0.25) is 0 Å². The molecular formula is C18H23N5O2. The van der Waals surface area contributed by atoms with E-state index < -0.39 is 0 Å². The Morgan fingerprint density at radius 1 is 1.20 bits per heavy atom. The van der Waals surface area contributed by atoms with E-state index in [4.69, 9.17) is 4.74 Å². The van der Waals surface area contributed by atoms with Gasteiger partial charge in [0.2, 0.25) is 0 Å². The molecule has 2 aromatic rings. The number of nitrogens with one attached hydrogen (secondary N) is 1. The SMILES string of the molecule is COc1cccc(CNC(=O)c2cc(N3CCN(C)CC3)ncn2)c1. The fourth-order valence-corrected chi connectivity index (χ4v) is 2.74. The average Bonchev–Trinajstić information content (AvgIpc) is 2.67. The first-order valence-corrected chi connectivity index (χ1v) is 8.32. The number of nitrogens with zero attached hydrogens (tertiary/aromatic N) is 4. The molecule has 0 unspecified atom stereocenters. The van der Waals surface area contributed by atoms with Crippen molar-refractivity contribution >= 4 is 11.7 Å². The van der Waals surface area contributed by atoms with Crippen molar-refractivity contribution in [2.24, 2.45) is 0 Å². The molecule has 132 valence electrons. The summed E-state index contributed by atoms with van der Waals surface area (Å²) in [5.41, 5.74) is 1.35. The molecular weight excluding hydrogens is 318 g/mol. The van der Waals surface area contributed by atoms with E-state index in [1.807, 2.05) is 24.3 Å². The van der Waals surface area contributed by atoms with E-state index in [0.717, 1.165) is 43.3 Å². The topological polar surface area (TPSA) is 70.6 Å². The van der Waals surface area contributed by atoms with Gasteiger partial charge < -0.3 is 19.9 Å². The molecule has 7 heteroatoms. The minimum absolute atomic E-state index is 0.208. The van der Waals surface area contributed by atoms with Crippen LogP contribution in [0.4, 0.5) is 5.82 Å². The summed E-state index contributed by atoms with van der Waals surface area (Å²) in [4.78, 5) is 25.3. The van der Waals surface area contributed by atoms with Gasteiger partial charge in [0.05, 0.1) is 7.11 Å². The Hall–Kier alpha value is -2.67. The van der Waals surface area contributed by atoms with Crippen LogP contribution in [0.15, 0.2) is 36.7 Å². The molecule has 0 radical (unpaired) electrons. The lowest BCUT2D eigenvalue weighted by atomic mass is 10.2. The minimum Gasteiger partial charge on any atom is -0.497 e. The minimum atomic E-state index is -0.208. The van der Waals surface area contributed by atoms with Gasteiger partial charge in [-0.1, -0.05) is 12.1 Å². The van der Waals surface area contributed by atoms with Crippen molar-refractivity contribution in [1.82, 2.24) is 20.2 Å². The molecule has 2 heterocycles. The highest BCUT2D eigenvalue weighted by atomic mass is 16.5. The third-order valence-corrected chi connectivity index (χ3v) is 4.30. The maximum Gasteiger partial charge on any atom is 0.270 e. The zero-order chi connectivity index (χ0) is 17.6. The van der Waals surface area contributed by atoms with E-state index >= 15 is 0 Å². The molecule has 0 bridgehead atoms. The van der Waals surface area contributed by atoms with Crippen LogP contribution in [-0.4, -0.2) is 61.1 Å². The Labute approximate surface area is 147 Å². The van der Waals surface area contributed by atoms with Crippen LogP contribution >= 0.6 is 0 Å². The van der Waals surface area contributed by atoms with Crippen molar-refractivity contribution in [2.45, 2.75) is 6.54 Å². The van der Waals surface area contributed by atoms with Crippen molar-refractivity contribution in [3.63, 3.8) is 0 Å².